The Morgan fingerprint density at radius 2 is 1.65 bits per heavy atom. The van der Waals surface area contributed by atoms with Crippen LogP contribution in [0.15, 0.2) is 84.1 Å². The lowest BCUT2D eigenvalue weighted by molar-refractivity contribution is -0.119. The standard InChI is InChI=1S/C31H32N2O4/c1-31(2)18-23-29(25(34)19-31)30(21-14-15-26(36-3)27(17-21)37-4)33(24-13-9-8-12-22(24)32-23)28(35)16-20-10-6-5-7-11-20/h5-15,17,30,32H,16,18-19H2,1-4H3. The molecule has 6 nitrogen and oxygen atoms in total. The Kier molecular flexibility index (Phi) is 6.50. The van der Waals surface area contributed by atoms with Crippen LogP contribution in [-0.2, 0) is 16.0 Å². The van der Waals surface area contributed by atoms with Gasteiger partial charge in [0.05, 0.1) is 38.1 Å². The zero-order valence-corrected chi connectivity index (χ0v) is 21.7. The monoisotopic (exact) mass is 496 g/mol. The van der Waals surface area contributed by atoms with Crippen LogP contribution in [0.5, 0.6) is 11.5 Å². The summed E-state index contributed by atoms with van der Waals surface area (Å²) in [5, 5.41) is 3.56. The van der Waals surface area contributed by atoms with Crippen molar-refractivity contribution in [3.63, 3.8) is 0 Å². The molecule has 37 heavy (non-hydrogen) atoms. The van der Waals surface area contributed by atoms with Crippen molar-refractivity contribution in [3.05, 3.63) is 95.2 Å². The van der Waals surface area contributed by atoms with Gasteiger partial charge in [0.2, 0.25) is 5.91 Å². The second-order valence-corrected chi connectivity index (χ2v) is 10.4. The predicted molar refractivity (Wildman–Crippen MR) is 145 cm³/mol. The van der Waals surface area contributed by atoms with E-state index in [4.69, 9.17) is 9.47 Å². The van der Waals surface area contributed by atoms with Crippen molar-refractivity contribution in [2.45, 2.75) is 39.2 Å². The fraction of sp³-hybridized carbons (Fsp3) is 0.290. The molecule has 0 bridgehead atoms. The summed E-state index contributed by atoms with van der Waals surface area (Å²) in [6, 6.07) is 22.5. The number of carbonyl (C=O) groups excluding carboxylic acids is 2. The first-order valence-corrected chi connectivity index (χ1v) is 12.5. The van der Waals surface area contributed by atoms with E-state index in [2.05, 4.69) is 19.2 Å². The summed E-state index contributed by atoms with van der Waals surface area (Å²) < 4.78 is 11.1. The second kappa shape index (κ2) is 9.77. The number of nitrogens with zero attached hydrogens (tertiary/aromatic N) is 1. The van der Waals surface area contributed by atoms with E-state index < -0.39 is 6.04 Å². The van der Waals surface area contributed by atoms with Crippen LogP contribution in [0.4, 0.5) is 11.4 Å². The highest BCUT2D eigenvalue weighted by atomic mass is 16.5. The van der Waals surface area contributed by atoms with Gasteiger partial charge in [-0.05, 0) is 47.2 Å². The molecule has 0 saturated carbocycles. The number of amides is 1. The average Bonchev–Trinajstić information content (AvgIpc) is 3.02. The van der Waals surface area contributed by atoms with E-state index in [1.165, 1.54) is 0 Å². The molecule has 1 unspecified atom stereocenters. The lowest BCUT2D eigenvalue weighted by atomic mass is 9.73. The van der Waals surface area contributed by atoms with Crippen LogP contribution in [0, 0.1) is 5.41 Å². The van der Waals surface area contributed by atoms with Crippen LogP contribution < -0.4 is 19.7 Å². The first-order valence-electron chi connectivity index (χ1n) is 12.5. The van der Waals surface area contributed by atoms with E-state index in [1.54, 1.807) is 19.1 Å². The highest BCUT2D eigenvalue weighted by Gasteiger charge is 2.43. The molecule has 1 atom stereocenters. The minimum absolute atomic E-state index is 0.0452. The van der Waals surface area contributed by atoms with Crippen molar-refractivity contribution in [1.82, 2.24) is 0 Å². The average molecular weight is 497 g/mol. The van der Waals surface area contributed by atoms with Crippen molar-refractivity contribution < 1.29 is 19.1 Å². The third-order valence-electron chi connectivity index (χ3n) is 7.09. The van der Waals surface area contributed by atoms with Gasteiger partial charge in [0.15, 0.2) is 17.3 Å². The molecule has 3 aromatic rings. The number of allylic oxidation sites excluding steroid dienone is 1. The summed E-state index contributed by atoms with van der Waals surface area (Å²) in [6.45, 7) is 4.22. The molecule has 190 valence electrons. The molecule has 6 heteroatoms. The Bertz CT molecular complexity index is 1380. The Hall–Kier alpha value is -4.06. The maximum Gasteiger partial charge on any atom is 0.232 e. The number of methoxy groups -OCH3 is 2. The van der Waals surface area contributed by atoms with Gasteiger partial charge in [-0.2, -0.15) is 0 Å². The molecule has 1 aliphatic carbocycles. The highest BCUT2D eigenvalue weighted by Crippen LogP contribution is 2.49. The van der Waals surface area contributed by atoms with Crippen LogP contribution in [0.3, 0.4) is 0 Å². The molecule has 3 aromatic carbocycles. The summed E-state index contributed by atoms with van der Waals surface area (Å²) in [6.07, 6.45) is 1.32. The molecule has 1 heterocycles. The topological polar surface area (TPSA) is 67.9 Å². The number of ether oxygens (including phenoxy) is 2. The molecule has 2 aliphatic rings. The summed E-state index contributed by atoms with van der Waals surface area (Å²) in [5.41, 5.74) is 4.56. The molecule has 0 radical (unpaired) electrons. The van der Waals surface area contributed by atoms with Gasteiger partial charge >= 0.3 is 0 Å². The highest BCUT2D eigenvalue weighted by molar-refractivity contribution is 6.06. The molecule has 0 spiro atoms. The molecule has 1 amide bonds. The summed E-state index contributed by atoms with van der Waals surface area (Å²) >= 11 is 0. The molecule has 0 aromatic heterocycles. The Balaban J connectivity index is 1.74. The number of anilines is 2. The van der Waals surface area contributed by atoms with Gasteiger partial charge in [-0.3, -0.25) is 14.5 Å². The number of para-hydroxylation sites is 2. The van der Waals surface area contributed by atoms with Gasteiger partial charge in [0.25, 0.3) is 0 Å². The van der Waals surface area contributed by atoms with Gasteiger partial charge in [0.1, 0.15) is 0 Å². The largest absolute Gasteiger partial charge is 0.493 e. The zero-order valence-electron chi connectivity index (χ0n) is 21.7. The first-order chi connectivity index (χ1) is 17.8. The third-order valence-corrected chi connectivity index (χ3v) is 7.09. The molecule has 0 fully saturated rings. The minimum atomic E-state index is -0.620. The predicted octanol–water partition coefficient (Wildman–Crippen LogP) is 6.09. The lowest BCUT2D eigenvalue weighted by Gasteiger charge is -2.37. The summed E-state index contributed by atoms with van der Waals surface area (Å²) in [5.74, 6) is 1.09. The SMILES string of the molecule is COc1ccc(C2C3=C(CC(C)(C)CC3=O)Nc3ccccc3N2C(=O)Cc2ccccc2)cc1OC. The molecule has 0 saturated heterocycles. The minimum Gasteiger partial charge on any atom is -0.493 e. The number of hydrogen-bond acceptors (Lipinski definition) is 5. The maximum absolute atomic E-state index is 14.2. The van der Waals surface area contributed by atoms with Gasteiger partial charge in [-0.25, -0.2) is 0 Å². The van der Waals surface area contributed by atoms with Crippen molar-refractivity contribution in [1.29, 1.82) is 0 Å². The number of fused-ring (bicyclic) bond motifs is 1. The maximum atomic E-state index is 14.2. The van der Waals surface area contributed by atoms with E-state index in [0.717, 1.165) is 28.2 Å². The Morgan fingerprint density at radius 3 is 2.38 bits per heavy atom. The van der Waals surface area contributed by atoms with E-state index >= 15 is 0 Å². The Morgan fingerprint density at radius 1 is 0.946 bits per heavy atom. The van der Waals surface area contributed by atoms with Gasteiger partial charge in [-0.15, -0.1) is 0 Å². The lowest BCUT2D eigenvalue weighted by Crippen LogP contribution is -2.40. The van der Waals surface area contributed by atoms with Crippen LogP contribution >= 0.6 is 0 Å². The summed E-state index contributed by atoms with van der Waals surface area (Å²) in [7, 11) is 3.18. The van der Waals surface area contributed by atoms with Crippen molar-refractivity contribution in [3.8, 4) is 11.5 Å². The number of ketones is 1. The van der Waals surface area contributed by atoms with Crippen LogP contribution in [0.1, 0.15) is 43.9 Å². The van der Waals surface area contributed by atoms with Crippen LogP contribution in [-0.4, -0.2) is 25.9 Å². The van der Waals surface area contributed by atoms with Crippen molar-refractivity contribution in [2.24, 2.45) is 5.41 Å². The fourth-order valence-electron chi connectivity index (χ4n) is 5.46. The van der Waals surface area contributed by atoms with Gasteiger partial charge < -0.3 is 14.8 Å². The van der Waals surface area contributed by atoms with Gasteiger partial charge in [0, 0.05) is 17.7 Å². The zero-order chi connectivity index (χ0) is 26.2. The van der Waals surface area contributed by atoms with Crippen LogP contribution in [0.25, 0.3) is 0 Å². The number of Topliss-reactive ketones (excluding diaryl/α,β-unsaturated/α-hetero) is 1. The number of rotatable bonds is 5. The van der Waals surface area contributed by atoms with E-state index in [9.17, 15) is 9.59 Å². The van der Waals surface area contributed by atoms with Crippen molar-refractivity contribution in [2.75, 3.05) is 24.4 Å². The number of nitrogens with one attached hydrogen (secondary N) is 1. The summed E-state index contributed by atoms with van der Waals surface area (Å²) in [4.78, 5) is 29.8. The van der Waals surface area contributed by atoms with E-state index in [0.29, 0.717) is 29.9 Å². The third kappa shape index (κ3) is 4.71. The molecular weight excluding hydrogens is 464 g/mol. The number of carbonyl (C=O) groups is 2. The normalized spacial score (nSPS) is 18.3. The number of benzene rings is 3. The molecular formula is C31H32N2O4. The Labute approximate surface area is 217 Å². The smallest absolute Gasteiger partial charge is 0.232 e. The quantitative estimate of drug-likeness (QED) is 0.463. The van der Waals surface area contributed by atoms with Crippen molar-refractivity contribution >= 4 is 23.1 Å². The molecule has 1 N–H and O–H groups in total. The van der Waals surface area contributed by atoms with Gasteiger partial charge in [-0.1, -0.05) is 62.4 Å². The first kappa shape index (κ1) is 24.6. The van der Waals surface area contributed by atoms with Crippen LogP contribution in [0.2, 0.25) is 0 Å². The van der Waals surface area contributed by atoms with E-state index in [1.807, 2.05) is 72.8 Å². The fourth-order valence-corrected chi connectivity index (χ4v) is 5.46. The number of hydrogen-bond donors (Lipinski definition) is 1. The van der Waals surface area contributed by atoms with E-state index in [-0.39, 0.29) is 23.5 Å². The molecule has 1 aliphatic heterocycles. The second-order valence-electron chi connectivity index (χ2n) is 10.4. The molecule has 5 rings (SSSR count).